The first kappa shape index (κ1) is 17.1. The van der Waals surface area contributed by atoms with Crippen molar-refractivity contribution in [2.24, 2.45) is 5.41 Å². The first-order valence-electron chi connectivity index (χ1n) is 6.45. The molecule has 0 aliphatic heterocycles. The van der Waals surface area contributed by atoms with E-state index >= 15 is 0 Å². The van der Waals surface area contributed by atoms with Crippen LogP contribution in [0.2, 0.25) is 0 Å². The van der Waals surface area contributed by atoms with E-state index in [1.807, 2.05) is 20.8 Å². The van der Waals surface area contributed by atoms with Crippen LogP contribution in [0.25, 0.3) is 0 Å². The third-order valence-corrected chi connectivity index (χ3v) is 4.17. The van der Waals surface area contributed by atoms with Crippen LogP contribution in [0.1, 0.15) is 32.8 Å². The number of rotatable bonds is 5. The summed E-state index contributed by atoms with van der Waals surface area (Å²) in [6, 6.07) is 3.89. The van der Waals surface area contributed by atoms with Crippen molar-refractivity contribution in [3.05, 3.63) is 29.6 Å². The summed E-state index contributed by atoms with van der Waals surface area (Å²) >= 11 is 0. The quantitative estimate of drug-likeness (QED) is 0.876. The summed E-state index contributed by atoms with van der Waals surface area (Å²) in [5.41, 5.74) is 0.543. The minimum absolute atomic E-state index is 0.112. The zero-order valence-corrected chi connectivity index (χ0v) is 13.1. The molecule has 114 valence electrons. The van der Waals surface area contributed by atoms with Crippen molar-refractivity contribution in [2.75, 3.05) is 6.54 Å². The van der Waals surface area contributed by atoms with Gasteiger partial charge >= 0.3 is 0 Å². The van der Waals surface area contributed by atoms with Crippen LogP contribution >= 0.6 is 0 Å². The van der Waals surface area contributed by atoms with Gasteiger partial charge in [-0.25, -0.2) is 17.5 Å². The van der Waals surface area contributed by atoms with Gasteiger partial charge in [-0.1, -0.05) is 26.8 Å². The fourth-order valence-electron chi connectivity index (χ4n) is 1.88. The molecule has 0 saturated heterocycles. The van der Waals surface area contributed by atoms with E-state index in [9.17, 15) is 17.9 Å². The van der Waals surface area contributed by atoms with Gasteiger partial charge in [-0.15, -0.1) is 0 Å². The van der Waals surface area contributed by atoms with E-state index in [0.29, 0.717) is 12.0 Å². The average molecular weight is 303 g/mol. The molecule has 0 spiro atoms. The number of aryl methyl sites for hydroxylation is 1. The Morgan fingerprint density at radius 1 is 1.35 bits per heavy atom. The lowest BCUT2D eigenvalue weighted by Gasteiger charge is -2.22. The first-order chi connectivity index (χ1) is 9.01. The fraction of sp³-hybridized carbons (Fsp3) is 0.571. The largest absolute Gasteiger partial charge is 0.392 e. The molecule has 2 N–H and O–H groups in total. The number of benzene rings is 1. The average Bonchev–Trinajstić information content (AvgIpc) is 2.27. The summed E-state index contributed by atoms with van der Waals surface area (Å²) in [7, 11) is -3.95. The zero-order chi connectivity index (χ0) is 15.6. The number of aliphatic hydroxyl groups excluding tert-OH is 1. The molecular weight excluding hydrogens is 281 g/mol. The summed E-state index contributed by atoms with van der Waals surface area (Å²) < 4.78 is 39.9. The smallest absolute Gasteiger partial charge is 0.243 e. The van der Waals surface area contributed by atoms with Crippen LogP contribution in [0.4, 0.5) is 4.39 Å². The molecule has 1 aromatic carbocycles. The lowest BCUT2D eigenvalue weighted by atomic mass is 9.89. The number of hydrogen-bond acceptors (Lipinski definition) is 3. The van der Waals surface area contributed by atoms with Crippen LogP contribution in [-0.2, 0) is 10.0 Å². The molecule has 0 aliphatic rings. The molecule has 1 aromatic rings. The van der Waals surface area contributed by atoms with Gasteiger partial charge in [-0.05, 0) is 36.5 Å². The highest BCUT2D eigenvalue weighted by molar-refractivity contribution is 7.89. The van der Waals surface area contributed by atoms with Gasteiger partial charge in [0.25, 0.3) is 0 Å². The monoisotopic (exact) mass is 303 g/mol. The Hall–Kier alpha value is -0.980. The molecule has 0 aliphatic carbocycles. The number of halogens is 1. The highest BCUT2D eigenvalue weighted by Gasteiger charge is 2.22. The van der Waals surface area contributed by atoms with Crippen LogP contribution in [0.5, 0.6) is 0 Å². The summed E-state index contributed by atoms with van der Waals surface area (Å²) in [6.45, 7) is 7.40. The van der Waals surface area contributed by atoms with E-state index in [2.05, 4.69) is 4.72 Å². The van der Waals surface area contributed by atoms with E-state index in [1.54, 1.807) is 6.92 Å². The highest BCUT2D eigenvalue weighted by atomic mass is 32.2. The molecule has 1 rings (SSSR count). The van der Waals surface area contributed by atoms with Crippen molar-refractivity contribution in [3.8, 4) is 0 Å². The van der Waals surface area contributed by atoms with Gasteiger partial charge in [0, 0.05) is 6.54 Å². The SMILES string of the molecule is Cc1ccc(F)c(S(=O)(=O)NCC(O)CC(C)(C)C)c1. The minimum atomic E-state index is -3.95. The number of sulfonamides is 1. The van der Waals surface area contributed by atoms with Gasteiger partial charge in [0.2, 0.25) is 10.0 Å². The van der Waals surface area contributed by atoms with Crippen molar-refractivity contribution < 1.29 is 17.9 Å². The van der Waals surface area contributed by atoms with Crippen LogP contribution < -0.4 is 4.72 Å². The van der Waals surface area contributed by atoms with Gasteiger partial charge in [0.05, 0.1) is 6.10 Å². The molecule has 1 atom stereocenters. The normalized spacial score (nSPS) is 14.3. The van der Waals surface area contributed by atoms with E-state index in [0.717, 1.165) is 6.07 Å². The number of nitrogens with one attached hydrogen (secondary N) is 1. The number of aliphatic hydroxyl groups is 1. The Labute approximate surface area is 120 Å². The molecule has 0 bridgehead atoms. The summed E-state index contributed by atoms with van der Waals surface area (Å²) in [5.74, 6) is -0.798. The third-order valence-electron chi connectivity index (χ3n) is 2.73. The van der Waals surface area contributed by atoms with Crippen molar-refractivity contribution in [3.63, 3.8) is 0 Å². The molecule has 0 radical (unpaired) electrons. The van der Waals surface area contributed by atoms with Gasteiger partial charge in [0.15, 0.2) is 0 Å². The third kappa shape index (κ3) is 5.19. The zero-order valence-electron chi connectivity index (χ0n) is 12.3. The van der Waals surface area contributed by atoms with E-state index < -0.39 is 21.9 Å². The minimum Gasteiger partial charge on any atom is -0.392 e. The second-order valence-electron chi connectivity index (χ2n) is 6.20. The van der Waals surface area contributed by atoms with Crippen molar-refractivity contribution in [2.45, 2.75) is 45.1 Å². The van der Waals surface area contributed by atoms with E-state index in [1.165, 1.54) is 12.1 Å². The molecule has 0 amide bonds. The van der Waals surface area contributed by atoms with E-state index in [4.69, 9.17) is 0 Å². The highest BCUT2D eigenvalue weighted by Crippen LogP contribution is 2.21. The summed E-state index contributed by atoms with van der Waals surface area (Å²) in [4.78, 5) is -0.388. The molecule has 0 saturated carbocycles. The first-order valence-corrected chi connectivity index (χ1v) is 7.93. The standard InChI is InChI=1S/C14H22FNO3S/c1-10-5-6-12(15)13(7-10)20(18,19)16-9-11(17)8-14(2,3)4/h5-7,11,16-17H,8-9H2,1-4H3. The maximum atomic E-state index is 13.6. The maximum Gasteiger partial charge on any atom is 0.243 e. The Kier molecular flexibility index (Phi) is 5.29. The predicted molar refractivity (Wildman–Crippen MR) is 76.4 cm³/mol. The van der Waals surface area contributed by atoms with Crippen LogP contribution in [0.3, 0.4) is 0 Å². The predicted octanol–water partition coefficient (Wildman–Crippen LogP) is 2.21. The Bertz CT molecular complexity index is 564. The Morgan fingerprint density at radius 2 is 1.95 bits per heavy atom. The lowest BCUT2D eigenvalue weighted by molar-refractivity contribution is 0.125. The number of hydrogen-bond donors (Lipinski definition) is 2. The second-order valence-corrected chi connectivity index (χ2v) is 7.94. The molecule has 0 fully saturated rings. The molecular formula is C14H22FNO3S. The molecule has 6 heteroatoms. The van der Waals surface area contributed by atoms with Gasteiger partial charge < -0.3 is 5.11 Å². The van der Waals surface area contributed by atoms with Gasteiger partial charge in [-0.2, -0.15) is 0 Å². The van der Waals surface area contributed by atoms with Gasteiger partial charge in [-0.3, -0.25) is 0 Å². The molecule has 20 heavy (non-hydrogen) atoms. The Balaban J connectivity index is 2.78. The van der Waals surface area contributed by atoms with E-state index in [-0.39, 0.29) is 16.9 Å². The molecule has 0 heterocycles. The second kappa shape index (κ2) is 6.20. The van der Waals surface area contributed by atoms with Gasteiger partial charge in [0.1, 0.15) is 10.7 Å². The molecule has 1 unspecified atom stereocenters. The lowest BCUT2D eigenvalue weighted by Crippen LogP contribution is -2.34. The molecule has 0 aromatic heterocycles. The van der Waals surface area contributed by atoms with Crippen LogP contribution in [-0.4, -0.2) is 26.2 Å². The van der Waals surface area contributed by atoms with Crippen LogP contribution in [0.15, 0.2) is 23.1 Å². The van der Waals surface area contributed by atoms with Crippen LogP contribution in [0, 0.1) is 18.2 Å². The topological polar surface area (TPSA) is 66.4 Å². The van der Waals surface area contributed by atoms with Crippen molar-refractivity contribution in [1.29, 1.82) is 0 Å². The summed E-state index contributed by atoms with van der Waals surface area (Å²) in [6.07, 6.45) is -0.358. The summed E-state index contributed by atoms with van der Waals surface area (Å²) in [5, 5.41) is 9.80. The molecule has 4 nitrogen and oxygen atoms in total. The fourth-order valence-corrected chi connectivity index (χ4v) is 3.11. The maximum absolute atomic E-state index is 13.6. The Morgan fingerprint density at radius 3 is 2.50 bits per heavy atom. The van der Waals surface area contributed by atoms with Crippen molar-refractivity contribution >= 4 is 10.0 Å². The van der Waals surface area contributed by atoms with Crippen molar-refractivity contribution in [1.82, 2.24) is 4.72 Å².